The maximum Gasteiger partial charge on any atom is 0.220 e. The van der Waals surface area contributed by atoms with Gasteiger partial charge in [-0.3, -0.25) is 4.79 Å². The highest BCUT2D eigenvalue weighted by molar-refractivity contribution is 7.07. The number of aryl methyl sites for hydroxylation is 1. The second kappa shape index (κ2) is 7.96. The van der Waals surface area contributed by atoms with Crippen molar-refractivity contribution in [1.29, 1.82) is 0 Å². The number of amides is 1. The molecule has 0 radical (unpaired) electrons. The normalized spacial score (nSPS) is 10.8. The van der Waals surface area contributed by atoms with Crippen LogP contribution in [0.3, 0.4) is 0 Å². The van der Waals surface area contributed by atoms with Crippen LogP contribution in [0.5, 0.6) is 0 Å². The fourth-order valence-corrected chi connectivity index (χ4v) is 2.81. The Morgan fingerprint density at radius 1 is 1.10 bits per heavy atom. The third kappa shape index (κ3) is 5.69. The summed E-state index contributed by atoms with van der Waals surface area (Å²) in [5.41, 5.74) is 3.66. The molecule has 0 atom stereocenters. The summed E-state index contributed by atoms with van der Waals surface area (Å²) in [6.45, 7) is 1.54. The number of rotatable bonds is 7. The molecule has 1 heterocycles. The van der Waals surface area contributed by atoms with E-state index in [2.05, 4.69) is 60.0 Å². The molecule has 0 fully saturated rings. The molecule has 2 rings (SSSR count). The Labute approximate surface area is 130 Å². The molecule has 0 aliphatic heterocycles. The average molecular weight is 302 g/mol. The van der Waals surface area contributed by atoms with Crippen LogP contribution in [0.25, 0.3) is 0 Å². The van der Waals surface area contributed by atoms with Crippen LogP contribution < -0.4 is 5.32 Å². The summed E-state index contributed by atoms with van der Waals surface area (Å²) >= 11 is 1.67. The lowest BCUT2D eigenvalue weighted by molar-refractivity contribution is -0.121. The van der Waals surface area contributed by atoms with Gasteiger partial charge in [-0.1, -0.05) is 24.3 Å². The first-order valence-corrected chi connectivity index (χ1v) is 8.08. The monoisotopic (exact) mass is 302 g/mol. The van der Waals surface area contributed by atoms with Crippen molar-refractivity contribution in [3.63, 3.8) is 0 Å². The van der Waals surface area contributed by atoms with Gasteiger partial charge in [-0.15, -0.1) is 0 Å². The van der Waals surface area contributed by atoms with Gasteiger partial charge >= 0.3 is 0 Å². The maximum atomic E-state index is 11.8. The Kier molecular flexibility index (Phi) is 5.96. The van der Waals surface area contributed by atoms with E-state index in [1.165, 1.54) is 11.1 Å². The van der Waals surface area contributed by atoms with Crippen molar-refractivity contribution in [3.8, 4) is 0 Å². The van der Waals surface area contributed by atoms with Crippen molar-refractivity contribution in [2.24, 2.45) is 0 Å². The van der Waals surface area contributed by atoms with Crippen LogP contribution in [0.2, 0.25) is 0 Å². The maximum absolute atomic E-state index is 11.8. The van der Waals surface area contributed by atoms with Gasteiger partial charge in [-0.25, -0.2) is 0 Å². The topological polar surface area (TPSA) is 32.3 Å². The second-order valence-electron chi connectivity index (χ2n) is 5.46. The molecule has 4 heteroatoms. The van der Waals surface area contributed by atoms with Crippen molar-refractivity contribution in [2.75, 3.05) is 14.1 Å². The zero-order chi connectivity index (χ0) is 15.1. The summed E-state index contributed by atoms with van der Waals surface area (Å²) in [6, 6.07) is 10.5. The number of benzene rings is 1. The van der Waals surface area contributed by atoms with Gasteiger partial charge in [0.15, 0.2) is 0 Å². The molecule has 3 nitrogen and oxygen atoms in total. The lowest BCUT2D eigenvalue weighted by Crippen LogP contribution is -2.23. The third-order valence-electron chi connectivity index (χ3n) is 3.23. The Bertz CT molecular complexity index is 547. The fraction of sp³-hybridized carbons (Fsp3) is 0.353. The van der Waals surface area contributed by atoms with E-state index < -0.39 is 0 Å². The van der Waals surface area contributed by atoms with Gasteiger partial charge in [0, 0.05) is 19.5 Å². The Balaban J connectivity index is 1.73. The average Bonchev–Trinajstić information content (AvgIpc) is 2.97. The molecule has 0 spiro atoms. The smallest absolute Gasteiger partial charge is 0.220 e. The lowest BCUT2D eigenvalue weighted by atomic mass is 10.1. The first-order chi connectivity index (χ1) is 10.1. The number of carbonyl (C=O) groups is 1. The summed E-state index contributed by atoms with van der Waals surface area (Å²) in [7, 11) is 4.11. The number of hydrogen-bond donors (Lipinski definition) is 1. The van der Waals surface area contributed by atoms with Gasteiger partial charge in [0.2, 0.25) is 5.91 Å². The lowest BCUT2D eigenvalue weighted by Gasteiger charge is -2.10. The summed E-state index contributed by atoms with van der Waals surface area (Å²) < 4.78 is 0. The van der Waals surface area contributed by atoms with Crippen LogP contribution in [0.4, 0.5) is 0 Å². The minimum atomic E-state index is 0.110. The third-order valence-corrected chi connectivity index (χ3v) is 3.96. The van der Waals surface area contributed by atoms with Gasteiger partial charge in [-0.2, -0.15) is 11.3 Å². The zero-order valence-electron chi connectivity index (χ0n) is 12.6. The highest BCUT2D eigenvalue weighted by atomic mass is 32.1. The van der Waals surface area contributed by atoms with E-state index in [-0.39, 0.29) is 5.91 Å². The molecule has 0 aliphatic carbocycles. The quantitative estimate of drug-likeness (QED) is 0.852. The number of thiophene rings is 1. The SMILES string of the molecule is CN(C)Cc1ccc(CNC(=O)CCc2ccsc2)cc1. The Morgan fingerprint density at radius 2 is 1.81 bits per heavy atom. The first kappa shape index (κ1) is 15.7. The molecule has 1 aromatic carbocycles. The van der Waals surface area contributed by atoms with Crippen LogP contribution in [-0.4, -0.2) is 24.9 Å². The molecule has 1 aromatic heterocycles. The van der Waals surface area contributed by atoms with Crippen molar-refractivity contribution < 1.29 is 4.79 Å². The summed E-state index contributed by atoms with van der Waals surface area (Å²) in [5, 5.41) is 7.11. The molecule has 0 bridgehead atoms. The molecule has 0 saturated heterocycles. The summed E-state index contributed by atoms with van der Waals surface area (Å²) in [4.78, 5) is 13.9. The molecule has 21 heavy (non-hydrogen) atoms. The van der Waals surface area contributed by atoms with Gasteiger partial charge < -0.3 is 10.2 Å². The summed E-state index contributed by atoms with van der Waals surface area (Å²) in [5.74, 6) is 0.110. The number of hydrogen-bond acceptors (Lipinski definition) is 3. The van der Waals surface area contributed by atoms with Crippen LogP contribution >= 0.6 is 11.3 Å². The molecule has 112 valence electrons. The molecular formula is C17H22N2OS. The van der Waals surface area contributed by atoms with Crippen LogP contribution in [-0.2, 0) is 24.3 Å². The van der Waals surface area contributed by atoms with E-state index in [1.54, 1.807) is 11.3 Å². The van der Waals surface area contributed by atoms with Crippen LogP contribution in [0.1, 0.15) is 23.1 Å². The van der Waals surface area contributed by atoms with E-state index in [1.807, 2.05) is 5.38 Å². The molecule has 0 aliphatic rings. The van der Waals surface area contributed by atoms with E-state index >= 15 is 0 Å². The molecule has 1 amide bonds. The fourth-order valence-electron chi connectivity index (χ4n) is 2.11. The Morgan fingerprint density at radius 3 is 2.43 bits per heavy atom. The molecule has 1 N–H and O–H groups in total. The van der Waals surface area contributed by atoms with Gasteiger partial charge in [0.05, 0.1) is 0 Å². The predicted octanol–water partition coefficient (Wildman–Crippen LogP) is 3.06. The largest absolute Gasteiger partial charge is 0.352 e. The minimum absolute atomic E-state index is 0.110. The molecule has 0 unspecified atom stereocenters. The molecular weight excluding hydrogens is 280 g/mol. The van der Waals surface area contributed by atoms with Crippen LogP contribution in [0, 0.1) is 0 Å². The molecule has 2 aromatic rings. The van der Waals surface area contributed by atoms with Crippen molar-refractivity contribution >= 4 is 17.2 Å². The number of nitrogens with zero attached hydrogens (tertiary/aromatic N) is 1. The zero-order valence-corrected chi connectivity index (χ0v) is 13.5. The Hall–Kier alpha value is -1.65. The van der Waals surface area contributed by atoms with Crippen molar-refractivity contribution in [1.82, 2.24) is 10.2 Å². The van der Waals surface area contributed by atoms with E-state index in [4.69, 9.17) is 0 Å². The van der Waals surface area contributed by atoms with Crippen molar-refractivity contribution in [3.05, 3.63) is 57.8 Å². The molecule has 0 saturated carbocycles. The van der Waals surface area contributed by atoms with Gasteiger partial charge in [-0.05, 0) is 54.0 Å². The van der Waals surface area contributed by atoms with Gasteiger partial charge in [0.1, 0.15) is 0 Å². The predicted molar refractivity (Wildman–Crippen MR) is 88.3 cm³/mol. The van der Waals surface area contributed by atoms with Crippen molar-refractivity contribution in [2.45, 2.75) is 25.9 Å². The number of nitrogens with one attached hydrogen (secondary N) is 1. The van der Waals surface area contributed by atoms with Gasteiger partial charge in [0.25, 0.3) is 0 Å². The second-order valence-corrected chi connectivity index (χ2v) is 6.24. The minimum Gasteiger partial charge on any atom is -0.352 e. The van der Waals surface area contributed by atoms with E-state index in [0.717, 1.165) is 18.5 Å². The standard InChI is InChI=1S/C17H22N2OS/c1-19(2)12-15-5-3-14(4-6-15)11-18-17(20)8-7-16-9-10-21-13-16/h3-6,9-10,13H,7-8,11-12H2,1-2H3,(H,18,20). The highest BCUT2D eigenvalue weighted by Crippen LogP contribution is 2.09. The number of carbonyl (C=O) groups excluding carboxylic acids is 1. The van der Waals surface area contributed by atoms with Crippen LogP contribution in [0.15, 0.2) is 41.1 Å². The summed E-state index contributed by atoms with van der Waals surface area (Å²) in [6.07, 6.45) is 1.37. The highest BCUT2D eigenvalue weighted by Gasteiger charge is 2.03. The first-order valence-electron chi connectivity index (χ1n) is 7.14. The van der Waals surface area contributed by atoms with E-state index in [0.29, 0.717) is 13.0 Å². The van der Waals surface area contributed by atoms with E-state index in [9.17, 15) is 4.79 Å².